The summed E-state index contributed by atoms with van der Waals surface area (Å²) in [5, 5.41) is 18.9. The Morgan fingerprint density at radius 1 is 1.47 bits per heavy atom. The molecule has 0 aliphatic heterocycles. The molecule has 5 nitrogen and oxygen atoms in total. The Morgan fingerprint density at radius 2 is 2.05 bits per heavy atom. The van der Waals surface area contributed by atoms with Crippen molar-refractivity contribution in [1.82, 2.24) is 4.90 Å². The number of hydrogen-bond donors (Lipinski definition) is 2. The molecule has 0 bridgehead atoms. The average Bonchev–Trinajstić information content (AvgIpc) is 2.33. The summed E-state index contributed by atoms with van der Waals surface area (Å²) in [4.78, 5) is 12.9. The van der Waals surface area contributed by atoms with Gasteiger partial charge in [-0.3, -0.25) is 9.69 Å². The smallest absolute Gasteiger partial charge is 0.323 e. The molecule has 0 atom stereocenters. The third-order valence-electron chi connectivity index (χ3n) is 3.21. The number of aliphatic carboxylic acids is 1. The average molecular weight is 332 g/mol. The molecule has 106 valence electrons. The van der Waals surface area contributed by atoms with E-state index in [4.69, 9.17) is 4.74 Å². The number of nitrogens with zero attached hydrogens (tertiary/aromatic N) is 1. The van der Waals surface area contributed by atoms with Crippen LogP contribution in [0.5, 0.6) is 11.5 Å². The molecule has 0 saturated carbocycles. The van der Waals surface area contributed by atoms with Gasteiger partial charge in [-0.25, -0.2) is 0 Å². The SMILES string of the molecule is COc1cc(CN(C)C(C)(C)C(=O)O)cc(Br)c1O. The number of carbonyl (C=O) groups is 1. The molecular weight excluding hydrogens is 314 g/mol. The number of hydrogen-bond acceptors (Lipinski definition) is 4. The molecule has 2 N–H and O–H groups in total. The number of halogens is 1. The topological polar surface area (TPSA) is 70.0 Å². The summed E-state index contributed by atoms with van der Waals surface area (Å²) >= 11 is 3.24. The Balaban J connectivity index is 3.01. The van der Waals surface area contributed by atoms with Crippen LogP contribution >= 0.6 is 15.9 Å². The monoisotopic (exact) mass is 331 g/mol. The fraction of sp³-hybridized carbons (Fsp3) is 0.462. The number of phenols is 1. The molecule has 0 saturated heterocycles. The minimum atomic E-state index is -0.975. The molecule has 0 radical (unpaired) electrons. The maximum Gasteiger partial charge on any atom is 0.323 e. The van der Waals surface area contributed by atoms with Crippen LogP contribution < -0.4 is 4.74 Å². The van der Waals surface area contributed by atoms with Crippen molar-refractivity contribution in [2.75, 3.05) is 14.2 Å². The van der Waals surface area contributed by atoms with E-state index in [0.717, 1.165) is 5.56 Å². The first kappa shape index (κ1) is 15.8. The van der Waals surface area contributed by atoms with Crippen LogP contribution in [-0.4, -0.2) is 40.8 Å². The third-order valence-corrected chi connectivity index (χ3v) is 3.81. The first-order valence-corrected chi connectivity index (χ1v) is 6.49. The largest absolute Gasteiger partial charge is 0.503 e. The molecule has 0 aliphatic rings. The van der Waals surface area contributed by atoms with E-state index < -0.39 is 11.5 Å². The second kappa shape index (κ2) is 5.79. The number of likely N-dealkylation sites (N-methyl/N-ethyl adjacent to an activating group) is 1. The van der Waals surface area contributed by atoms with E-state index >= 15 is 0 Å². The fourth-order valence-electron chi connectivity index (χ4n) is 1.51. The molecule has 0 heterocycles. The maximum atomic E-state index is 11.2. The van der Waals surface area contributed by atoms with Crippen molar-refractivity contribution < 1.29 is 19.7 Å². The van der Waals surface area contributed by atoms with Crippen LogP contribution in [0.15, 0.2) is 16.6 Å². The number of methoxy groups -OCH3 is 1. The van der Waals surface area contributed by atoms with Gasteiger partial charge in [0.25, 0.3) is 0 Å². The summed E-state index contributed by atoms with van der Waals surface area (Å²) in [6.45, 7) is 3.71. The summed E-state index contributed by atoms with van der Waals surface area (Å²) in [5.41, 5.74) is -0.129. The minimum absolute atomic E-state index is 0.0337. The summed E-state index contributed by atoms with van der Waals surface area (Å²) in [6.07, 6.45) is 0. The first-order valence-electron chi connectivity index (χ1n) is 5.70. The summed E-state index contributed by atoms with van der Waals surface area (Å²) < 4.78 is 5.58. The zero-order valence-corrected chi connectivity index (χ0v) is 13.0. The van der Waals surface area contributed by atoms with Crippen LogP contribution in [0.4, 0.5) is 0 Å². The lowest BCUT2D eigenvalue weighted by molar-refractivity contribution is -0.148. The van der Waals surface area contributed by atoms with Crippen molar-refractivity contribution in [1.29, 1.82) is 0 Å². The van der Waals surface area contributed by atoms with Gasteiger partial charge in [0, 0.05) is 6.54 Å². The highest BCUT2D eigenvalue weighted by Crippen LogP contribution is 2.35. The van der Waals surface area contributed by atoms with Gasteiger partial charge in [-0.15, -0.1) is 0 Å². The summed E-state index contributed by atoms with van der Waals surface area (Å²) in [7, 11) is 3.21. The molecule has 0 unspecified atom stereocenters. The lowest BCUT2D eigenvalue weighted by Crippen LogP contribution is -2.47. The van der Waals surface area contributed by atoms with Gasteiger partial charge in [-0.2, -0.15) is 0 Å². The van der Waals surface area contributed by atoms with Crippen molar-refractivity contribution in [3.63, 3.8) is 0 Å². The van der Waals surface area contributed by atoms with Crippen LogP contribution in [0.1, 0.15) is 19.4 Å². The number of rotatable bonds is 5. The normalized spacial score (nSPS) is 11.7. The summed E-state index contributed by atoms with van der Waals surface area (Å²) in [5.74, 6) is -0.503. The molecule has 0 amide bonds. The molecule has 6 heteroatoms. The second-order valence-corrected chi connectivity index (χ2v) is 5.70. The number of phenolic OH excluding ortho intramolecular Hbond substituents is 1. The highest BCUT2D eigenvalue weighted by molar-refractivity contribution is 9.10. The zero-order chi connectivity index (χ0) is 14.8. The van der Waals surface area contributed by atoms with Gasteiger partial charge in [0.15, 0.2) is 11.5 Å². The highest BCUT2D eigenvalue weighted by Gasteiger charge is 2.32. The predicted molar refractivity (Wildman–Crippen MR) is 75.5 cm³/mol. The molecule has 1 rings (SSSR count). The Hall–Kier alpha value is -1.27. The molecule has 1 aromatic carbocycles. The molecule has 19 heavy (non-hydrogen) atoms. The molecule has 0 spiro atoms. The molecule has 1 aromatic rings. The van der Waals surface area contributed by atoms with Crippen LogP contribution in [0, 0.1) is 0 Å². The Kier molecular flexibility index (Phi) is 4.81. The maximum absolute atomic E-state index is 11.2. The zero-order valence-electron chi connectivity index (χ0n) is 11.4. The van der Waals surface area contributed by atoms with Gasteiger partial charge >= 0.3 is 5.97 Å². The van der Waals surface area contributed by atoms with Gasteiger partial charge in [0.1, 0.15) is 5.54 Å². The Bertz CT molecular complexity index is 488. The van der Waals surface area contributed by atoms with Gasteiger partial charge in [0.05, 0.1) is 11.6 Å². The number of aromatic hydroxyl groups is 1. The van der Waals surface area contributed by atoms with Gasteiger partial charge < -0.3 is 14.9 Å². The van der Waals surface area contributed by atoms with Gasteiger partial charge in [0.2, 0.25) is 0 Å². The number of carboxylic acid groups (broad SMARTS) is 1. The number of carboxylic acids is 1. The van der Waals surface area contributed by atoms with Crippen molar-refractivity contribution in [3.8, 4) is 11.5 Å². The van der Waals surface area contributed by atoms with E-state index in [1.807, 2.05) is 0 Å². The quantitative estimate of drug-likeness (QED) is 0.867. The molecule has 0 fully saturated rings. The van der Waals surface area contributed by atoms with Gasteiger partial charge in [-0.1, -0.05) is 0 Å². The summed E-state index contributed by atoms with van der Waals surface area (Å²) in [6, 6.07) is 3.43. The molecule has 0 aromatic heterocycles. The Labute approximate surface area is 120 Å². The highest BCUT2D eigenvalue weighted by atomic mass is 79.9. The van der Waals surface area contributed by atoms with Crippen LogP contribution in [-0.2, 0) is 11.3 Å². The number of benzene rings is 1. The van der Waals surface area contributed by atoms with Crippen molar-refractivity contribution in [2.45, 2.75) is 25.9 Å². The van der Waals surface area contributed by atoms with E-state index in [-0.39, 0.29) is 5.75 Å². The first-order chi connectivity index (χ1) is 8.70. The van der Waals surface area contributed by atoms with Crippen molar-refractivity contribution >= 4 is 21.9 Å². The standard InChI is InChI=1S/C13H18BrNO4/c1-13(2,12(17)18)15(3)7-8-5-9(14)11(16)10(6-8)19-4/h5-6,16H,7H2,1-4H3,(H,17,18). The van der Waals surface area contributed by atoms with E-state index in [9.17, 15) is 15.0 Å². The van der Waals surface area contributed by atoms with E-state index in [2.05, 4.69) is 15.9 Å². The number of ether oxygens (including phenoxy) is 1. The molecule has 0 aliphatic carbocycles. The van der Waals surface area contributed by atoms with Gasteiger partial charge in [-0.05, 0) is 54.5 Å². The lowest BCUT2D eigenvalue weighted by atomic mass is 10.0. The van der Waals surface area contributed by atoms with E-state index in [1.165, 1.54) is 7.11 Å². The molecular formula is C13H18BrNO4. The minimum Gasteiger partial charge on any atom is -0.503 e. The van der Waals surface area contributed by atoms with Crippen molar-refractivity contribution in [2.24, 2.45) is 0 Å². The lowest BCUT2D eigenvalue weighted by Gasteiger charge is -2.31. The van der Waals surface area contributed by atoms with Crippen LogP contribution in [0.2, 0.25) is 0 Å². The predicted octanol–water partition coefficient (Wildman–Crippen LogP) is 2.46. The second-order valence-electron chi connectivity index (χ2n) is 4.85. The van der Waals surface area contributed by atoms with Crippen LogP contribution in [0.3, 0.4) is 0 Å². The van der Waals surface area contributed by atoms with Crippen LogP contribution in [0.25, 0.3) is 0 Å². The van der Waals surface area contributed by atoms with Crippen molar-refractivity contribution in [3.05, 3.63) is 22.2 Å². The van der Waals surface area contributed by atoms with E-state index in [0.29, 0.717) is 16.8 Å². The Morgan fingerprint density at radius 3 is 2.53 bits per heavy atom. The third kappa shape index (κ3) is 3.39. The fourth-order valence-corrected chi connectivity index (χ4v) is 2.00. The van der Waals surface area contributed by atoms with E-state index in [1.54, 1.807) is 37.9 Å².